The first-order chi connectivity index (χ1) is 8.70. The number of rotatable bonds is 4. The molecule has 1 aromatic rings. The van der Waals surface area contributed by atoms with Crippen molar-refractivity contribution >= 4 is 23.8 Å². The summed E-state index contributed by atoms with van der Waals surface area (Å²) < 4.78 is 0. The van der Waals surface area contributed by atoms with Crippen molar-refractivity contribution in [2.24, 2.45) is 0 Å². The van der Waals surface area contributed by atoms with Crippen molar-refractivity contribution in [1.82, 2.24) is 4.90 Å². The molecule has 0 unspecified atom stereocenters. The predicted octanol–water partition coefficient (Wildman–Crippen LogP) is 2.37. The lowest BCUT2D eigenvalue weighted by Crippen LogP contribution is -2.45. The molecule has 1 aromatic carbocycles. The van der Waals surface area contributed by atoms with Crippen LogP contribution in [-0.2, 0) is 16.0 Å². The topological polar surface area (TPSA) is 37.4 Å². The Kier molecular flexibility index (Phi) is 4.37. The lowest BCUT2D eigenvalue weighted by molar-refractivity contribution is -0.134. The Hall–Kier alpha value is -1.35. The largest absolute Gasteiger partial charge is 0.332 e. The van der Waals surface area contributed by atoms with Gasteiger partial charge in [-0.15, -0.1) is 0 Å². The van der Waals surface area contributed by atoms with E-state index in [2.05, 4.69) is 0 Å². The maximum absolute atomic E-state index is 11.8. The van der Waals surface area contributed by atoms with Gasteiger partial charge in [0.15, 0.2) is 0 Å². The molecule has 2 rings (SSSR count). The summed E-state index contributed by atoms with van der Waals surface area (Å²) in [7, 11) is 0. The number of nitrogens with zero attached hydrogens (tertiary/aromatic N) is 1. The Morgan fingerprint density at radius 2 is 2.00 bits per heavy atom. The summed E-state index contributed by atoms with van der Waals surface area (Å²) in [5, 5.41) is 0.666. The van der Waals surface area contributed by atoms with Crippen LogP contribution in [-0.4, -0.2) is 29.7 Å². The van der Waals surface area contributed by atoms with Gasteiger partial charge < -0.3 is 4.90 Å². The molecule has 18 heavy (non-hydrogen) atoms. The minimum Gasteiger partial charge on any atom is -0.332 e. The molecule has 0 bridgehead atoms. The van der Waals surface area contributed by atoms with E-state index < -0.39 is 6.04 Å². The highest BCUT2D eigenvalue weighted by molar-refractivity contribution is 6.30. The van der Waals surface area contributed by atoms with Gasteiger partial charge in [-0.05, 0) is 30.5 Å². The Labute approximate surface area is 112 Å². The number of likely N-dealkylation sites (tertiary alicyclic amines) is 1. The average Bonchev–Trinajstić information content (AvgIpc) is 2.39. The van der Waals surface area contributed by atoms with Crippen molar-refractivity contribution in [3.05, 3.63) is 34.9 Å². The number of benzene rings is 1. The summed E-state index contributed by atoms with van der Waals surface area (Å²) in [6, 6.07) is 6.86. The smallest absolute Gasteiger partial charge is 0.223 e. The molecule has 1 aliphatic heterocycles. The molecule has 1 heterocycles. The van der Waals surface area contributed by atoms with Crippen molar-refractivity contribution in [2.75, 3.05) is 6.54 Å². The first-order valence-electron chi connectivity index (χ1n) is 6.12. The highest BCUT2D eigenvalue weighted by Gasteiger charge is 2.26. The van der Waals surface area contributed by atoms with Gasteiger partial charge in [0.05, 0.1) is 0 Å². The van der Waals surface area contributed by atoms with Gasteiger partial charge in [0.25, 0.3) is 0 Å². The van der Waals surface area contributed by atoms with E-state index in [0.29, 0.717) is 24.4 Å². The molecule has 4 heteroatoms. The Bertz CT molecular complexity index is 430. The first-order valence-corrected chi connectivity index (χ1v) is 6.50. The van der Waals surface area contributed by atoms with Gasteiger partial charge in [-0.3, -0.25) is 9.59 Å². The van der Waals surface area contributed by atoms with Crippen LogP contribution in [0.1, 0.15) is 24.8 Å². The molecule has 0 spiro atoms. The third-order valence-electron chi connectivity index (χ3n) is 3.21. The number of halogens is 1. The molecule has 0 saturated carbocycles. The molecule has 1 radical (unpaired) electrons. The lowest BCUT2D eigenvalue weighted by Gasteiger charge is -2.31. The zero-order chi connectivity index (χ0) is 13.0. The van der Waals surface area contributed by atoms with Crippen LogP contribution in [0.4, 0.5) is 0 Å². The summed E-state index contributed by atoms with van der Waals surface area (Å²) in [6.45, 7) is 0.659. The summed E-state index contributed by atoms with van der Waals surface area (Å²) in [4.78, 5) is 24.5. The van der Waals surface area contributed by atoms with Gasteiger partial charge in [-0.2, -0.15) is 0 Å². The number of carbonyl (C=O) groups is 1. The van der Waals surface area contributed by atoms with E-state index in [1.165, 1.54) is 0 Å². The summed E-state index contributed by atoms with van der Waals surface area (Å²) >= 11 is 5.81. The molecule has 3 nitrogen and oxygen atoms in total. The Morgan fingerprint density at radius 1 is 1.28 bits per heavy atom. The molecule has 1 aliphatic rings. The molecule has 1 amide bonds. The van der Waals surface area contributed by atoms with Crippen LogP contribution in [0.3, 0.4) is 0 Å². The highest BCUT2D eigenvalue weighted by Crippen LogP contribution is 2.17. The zero-order valence-corrected chi connectivity index (χ0v) is 10.8. The van der Waals surface area contributed by atoms with Gasteiger partial charge in [0.2, 0.25) is 12.2 Å². The third-order valence-corrected chi connectivity index (χ3v) is 3.47. The lowest BCUT2D eigenvalue weighted by atomic mass is 10.0. The zero-order valence-electron chi connectivity index (χ0n) is 10.1. The van der Waals surface area contributed by atoms with Crippen molar-refractivity contribution < 1.29 is 9.59 Å². The van der Waals surface area contributed by atoms with Crippen LogP contribution < -0.4 is 0 Å². The number of hydrogen-bond acceptors (Lipinski definition) is 2. The fourth-order valence-electron chi connectivity index (χ4n) is 2.22. The molecule has 1 atom stereocenters. The normalized spacial score (nSPS) is 17.6. The first kappa shape index (κ1) is 13.1. The molecule has 0 aliphatic carbocycles. The molecule has 0 aromatic heterocycles. The second-order valence-corrected chi connectivity index (χ2v) is 4.94. The number of piperidine rings is 1. The van der Waals surface area contributed by atoms with Crippen molar-refractivity contribution in [3.63, 3.8) is 0 Å². The van der Waals surface area contributed by atoms with Crippen LogP contribution in [0.2, 0.25) is 5.02 Å². The average molecular weight is 265 g/mol. The molecule has 1 saturated heterocycles. The molecule has 1 fully saturated rings. The van der Waals surface area contributed by atoms with E-state index in [4.69, 9.17) is 11.6 Å². The van der Waals surface area contributed by atoms with E-state index in [1.54, 1.807) is 17.0 Å². The summed E-state index contributed by atoms with van der Waals surface area (Å²) in [5.74, 6) is 0.0589. The minimum absolute atomic E-state index is 0.0589. The number of amides is 1. The minimum atomic E-state index is -0.473. The van der Waals surface area contributed by atoms with Gasteiger partial charge in [0.1, 0.15) is 6.04 Å². The van der Waals surface area contributed by atoms with Crippen molar-refractivity contribution in [3.8, 4) is 0 Å². The van der Waals surface area contributed by atoms with Crippen LogP contribution in [0.25, 0.3) is 0 Å². The molecule has 95 valence electrons. The quantitative estimate of drug-likeness (QED) is 0.837. The summed E-state index contributed by atoms with van der Waals surface area (Å²) in [6.07, 6.45) is 4.92. The second-order valence-electron chi connectivity index (χ2n) is 4.51. The van der Waals surface area contributed by atoms with Crippen LogP contribution in [0, 0.1) is 0 Å². The Balaban J connectivity index is 2.06. The Morgan fingerprint density at radius 3 is 2.61 bits per heavy atom. The van der Waals surface area contributed by atoms with Gasteiger partial charge >= 0.3 is 0 Å². The van der Waals surface area contributed by atoms with E-state index in [9.17, 15) is 9.59 Å². The van der Waals surface area contributed by atoms with Crippen molar-refractivity contribution in [2.45, 2.75) is 31.7 Å². The highest BCUT2D eigenvalue weighted by atomic mass is 35.5. The second kappa shape index (κ2) is 6.01. The maximum Gasteiger partial charge on any atom is 0.223 e. The maximum atomic E-state index is 11.8. The molecular formula is C14H15ClNO2. The summed E-state index contributed by atoms with van der Waals surface area (Å²) in [5.41, 5.74) is 0.992. The van der Waals surface area contributed by atoms with Gasteiger partial charge in [-0.1, -0.05) is 23.7 Å². The third kappa shape index (κ3) is 3.10. The SMILES string of the molecule is O=[C][C@@H](Cc1ccc(Cl)cc1)N1CCCCC1=O. The molecular weight excluding hydrogens is 250 g/mol. The fourth-order valence-corrected chi connectivity index (χ4v) is 2.34. The number of carbonyl (C=O) groups excluding carboxylic acids is 2. The fraction of sp³-hybridized carbons (Fsp3) is 0.429. The van der Waals surface area contributed by atoms with E-state index in [-0.39, 0.29) is 5.91 Å². The van der Waals surface area contributed by atoms with Crippen LogP contribution in [0.15, 0.2) is 24.3 Å². The van der Waals surface area contributed by atoms with E-state index >= 15 is 0 Å². The molecule has 0 N–H and O–H groups in total. The van der Waals surface area contributed by atoms with Crippen molar-refractivity contribution in [1.29, 1.82) is 0 Å². The van der Waals surface area contributed by atoms with E-state index in [0.717, 1.165) is 18.4 Å². The van der Waals surface area contributed by atoms with Crippen LogP contribution in [0.5, 0.6) is 0 Å². The standard InChI is InChI=1S/C14H15ClNO2/c15-12-6-4-11(5-7-12)9-13(10-17)16-8-2-1-3-14(16)18/h4-7,13H,1-3,8-9H2/t13-/m1/s1. The van der Waals surface area contributed by atoms with Crippen LogP contribution >= 0.6 is 11.6 Å². The predicted molar refractivity (Wildman–Crippen MR) is 70.2 cm³/mol. The monoisotopic (exact) mass is 264 g/mol. The van der Waals surface area contributed by atoms with E-state index in [1.807, 2.05) is 18.4 Å². The van der Waals surface area contributed by atoms with Gasteiger partial charge in [-0.25, -0.2) is 0 Å². The van der Waals surface area contributed by atoms with Gasteiger partial charge in [0, 0.05) is 24.4 Å². The number of hydrogen-bond donors (Lipinski definition) is 0.